The van der Waals surface area contributed by atoms with Crippen molar-refractivity contribution < 1.29 is 12.8 Å². The zero-order chi connectivity index (χ0) is 21.8. The average Bonchev–Trinajstić information content (AvgIpc) is 3.35. The van der Waals surface area contributed by atoms with Gasteiger partial charge < -0.3 is 5.32 Å². The summed E-state index contributed by atoms with van der Waals surface area (Å²) >= 11 is 0. The molecule has 0 aromatic rings. The van der Waals surface area contributed by atoms with E-state index in [1.54, 1.807) is 0 Å². The molecule has 4 saturated heterocycles. The van der Waals surface area contributed by atoms with Gasteiger partial charge in [0.25, 0.3) is 0 Å². The average molecular weight is 460 g/mol. The van der Waals surface area contributed by atoms with Crippen molar-refractivity contribution >= 4 is 10.0 Å². The maximum Gasteiger partial charge on any atom is 0.217 e. The number of rotatable bonds is 5. The number of hydrogen-bond donors (Lipinski definition) is 4. The Morgan fingerprint density at radius 2 is 1.90 bits per heavy atom. The number of nitrogens with one attached hydrogen (secondary N) is 4. The Labute approximate surface area is 185 Å². The van der Waals surface area contributed by atoms with Gasteiger partial charge in [-0.1, -0.05) is 6.42 Å². The van der Waals surface area contributed by atoms with Crippen LogP contribution in [0, 0.1) is 11.8 Å². The Balaban J connectivity index is 1.19. The van der Waals surface area contributed by atoms with Gasteiger partial charge in [-0.2, -0.15) is 0 Å². The van der Waals surface area contributed by atoms with E-state index in [0.717, 1.165) is 38.8 Å². The molecule has 9 nitrogen and oxygen atoms in total. The minimum absolute atomic E-state index is 0.0232. The summed E-state index contributed by atoms with van der Waals surface area (Å²) < 4.78 is 44.7. The minimum Gasteiger partial charge on any atom is -0.301 e. The van der Waals surface area contributed by atoms with Crippen LogP contribution in [-0.4, -0.2) is 106 Å². The van der Waals surface area contributed by atoms with Crippen LogP contribution in [0.15, 0.2) is 0 Å². The highest BCUT2D eigenvalue weighted by molar-refractivity contribution is 7.90. The van der Waals surface area contributed by atoms with Gasteiger partial charge in [-0.05, 0) is 51.1 Å². The van der Waals surface area contributed by atoms with Gasteiger partial charge in [0.15, 0.2) is 0 Å². The highest BCUT2D eigenvalue weighted by Crippen LogP contribution is 2.38. The lowest BCUT2D eigenvalue weighted by molar-refractivity contribution is -0.0834. The van der Waals surface area contributed by atoms with Crippen molar-refractivity contribution in [3.8, 4) is 0 Å². The van der Waals surface area contributed by atoms with Crippen molar-refractivity contribution in [2.45, 2.75) is 61.3 Å². The van der Waals surface area contributed by atoms with E-state index in [9.17, 15) is 8.42 Å². The Bertz CT molecular complexity index is 763. The van der Waals surface area contributed by atoms with Gasteiger partial charge in [0, 0.05) is 51.9 Å². The maximum atomic E-state index is 15.1. The molecular formula is C20H38FN7O2S. The Kier molecular flexibility index (Phi) is 6.09. The van der Waals surface area contributed by atoms with Crippen molar-refractivity contribution in [1.82, 2.24) is 35.8 Å². The molecule has 0 bridgehead atoms. The Morgan fingerprint density at radius 3 is 2.68 bits per heavy atom. The normalized spacial score (nSPS) is 42.4. The summed E-state index contributed by atoms with van der Waals surface area (Å²) in [6.45, 7) is 3.53. The Morgan fingerprint density at radius 1 is 1.10 bits per heavy atom. The zero-order valence-electron chi connectivity index (χ0n) is 18.7. The molecule has 31 heavy (non-hydrogen) atoms. The highest BCUT2D eigenvalue weighted by atomic mass is 32.2. The second kappa shape index (κ2) is 8.43. The van der Waals surface area contributed by atoms with E-state index < -0.39 is 20.9 Å². The molecule has 178 valence electrons. The number of piperidine rings is 1. The molecule has 6 atom stereocenters. The van der Waals surface area contributed by atoms with Gasteiger partial charge in [0.05, 0.1) is 6.17 Å². The first-order valence-corrected chi connectivity index (χ1v) is 13.4. The number of sulfonamides is 1. The molecule has 0 radical (unpaired) electrons. The van der Waals surface area contributed by atoms with Crippen LogP contribution in [0.4, 0.5) is 4.39 Å². The summed E-state index contributed by atoms with van der Waals surface area (Å²) in [5, 5.41) is 7.05. The van der Waals surface area contributed by atoms with Gasteiger partial charge in [0.2, 0.25) is 10.0 Å². The number of halogens is 1. The van der Waals surface area contributed by atoms with Crippen LogP contribution in [0.1, 0.15) is 32.1 Å². The van der Waals surface area contributed by atoms with E-state index in [1.807, 2.05) is 24.0 Å². The summed E-state index contributed by atoms with van der Waals surface area (Å²) in [6, 6.07) is 0.174. The predicted octanol–water partition coefficient (Wildman–Crippen LogP) is -0.939. The monoisotopic (exact) mass is 459 g/mol. The van der Waals surface area contributed by atoms with E-state index in [4.69, 9.17) is 0 Å². The lowest BCUT2D eigenvalue weighted by Crippen LogP contribution is -2.64. The number of likely N-dealkylation sites (N-methyl/N-ethyl adjacent to an activating group) is 1. The smallest absolute Gasteiger partial charge is 0.217 e. The molecule has 0 amide bonds. The Hall–Kier alpha value is -0.400. The van der Waals surface area contributed by atoms with Crippen LogP contribution in [0.25, 0.3) is 0 Å². The second-order valence-corrected chi connectivity index (χ2v) is 12.5. The number of nitrogens with zero attached hydrogens (tertiary/aromatic N) is 3. The molecule has 4 heterocycles. The van der Waals surface area contributed by atoms with Gasteiger partial charge in [0.1, 0.15) is 10.9 Å². The highest BCUT2D eigenvalue weighted by Gasteiger charge is 2.50. The van der Waals surface area contributed by atoms with Crippen molar-refractivity contribution in [2.75, 3.05) is 53.4 Å². The summed E-state index contributed by atoms with van der Waals surface area (Å²) in [4.78, 5) is 2.02. The van der Waals surface area contributed by atoms with E-state index in [1.165, 1.54) is 0 Å². The largest absolute Gasteiger partial charge is 0.301 e. The van der Waals surface area contributed by atoms with E-state index in [-0.39, 0.29) is 24.2 Å². The number of likely N-dealkylation sites (tertiary alicyclic amines) is 1. The lowest BCUT2D eigenvalue weighted by atomic mass is 9.76. The molecule has 6 unspecified atom stereocenters. The SMILES string of the molecule is CN1CC(F)(C2CCNC(N3CC(S(=O)(=O)NC4CCCC5CNN(C)C54)CN3)C2)C1. The molecule has 0 aromatic carbocycles. The fourth-order valence-electron chi connectivity index (χ4n) is 6.61. The van der Waals surface area contributed by atoms with Crippen molar-refractivity contribution in [3.63, 3.8) is 0 Å². The van der Waals surface area contributed by atoms with Crippen LogP contribution >= 0.6 is 0 Å². The van der Waals surface area contributed by atoms with Gasteiger partial charge in [-0.15, -0.1) is 0 Å². The molecule has 1 aliphatic carbocycles. The molecule has 5 aliphatic rings. The molecule has 5 rings (SSSR count). The third-order valence-electron chi connectivity index (χ3n) is 8.27. The van der Waals surface area contributed by atoms with Crippen LogP contribution in [0.5, 0.6) is 0 Å². The maximum absolute atomic E-state index is 15.1. The summed E-state index contributed by atoms with van der Waals surface area (Å²) in [5.74, 6) is 0.529. The molecular weight excluding hydrogens is 421 g/mol. The zero-order valence-corrected chi connectivity index (χ0v) is 19.5. The van der Waals surface area contributed by atoms with Crippen LogP contribution in [0.2, 0.25) is 0 Å². The van der Waals surface area contributed by atoms with Gasteiger partial charge in [-0.25, -0.2) is 27.5 Å². The third-order valence-corrected chi connectivity index (χ3v) is 10.1. The first-order chi connectivity index (χ1) is 14.7. The number of alkyl halides is 1. The second-order valence-electron chi connectivity index (χ2n) is 10.5. The molecule has 0 aromatic heterocycles. The quantitative estimate of drug-likeness (QED) is 0.419. The number of hydrazine groups is 2. The van der Waals surface area contributed by atoms with Crippen molar-refractivity contribution in [2.24, 2.45) is 11.8 Å². The van der Waals surface area contributed by atoms with Crippen LogP contribution in [-0.2, 0) is 10.0 Å². The van der Waals surface area contributed by atoms with Crippen LogP contribution in [0.3, 0.4) is 0 Å². The first-order valence-electron chi connectivity index (χ1n) is 11.8. The standard InChI is InChI=1S/C20H38FN7O2S/c1-26-12-20(21,13-26)15-6-7-22-18(8-15)28-11-16(10-24-28)31(29,30)25-17-5-3-4-14-9-23-27(2)19(14)17/h14-19,22-25H,3-13H2,1-2H3. The molecule has 0 spiro atoms. The fraction of sp³-hybridized carbons (Fsp3) is 1.00. The van der Waals surface area contributed by atoms with E-state index >= 15 is 4.39 Å². The third kappa shape index (κ3) is 4.28. The van der Waals surface area contributed by atoms with Gasteiger partial charge >= 0.3 is 0 Å². The topological polar surface area (TPSA) is 92.0 Å². The lowest BCUT2D eigenvalue weighted by Gasteiger charge is -2.50. The van der Waals surface area contributed by atoms with E-state index in [0.29, 0.717) is 38.5 Å². The number of hydrogen-bond acceptors (Lipinski definition) is 8. The van der Waals surface area contributed by atoms with E-state index in [2.05, 4.69) is 25.9 Å². The molecule has 11 heteroatoms. The first kappa shape index (κ1) is 22.4. The summed E-state index contributed by atoms with van der Waals surface area (Å²) in [5.41, 5.74) is 5.55. The predicted molar refractivity (Wildman–Crippen MR) is 117 cm³/mol. The number of fused-ring (bicyclic) bond motifs is 1. The molecule has 1 saturated carbocycles. The molecule has 4 N–H and O–H groups in total. The van der Waals surface area contributed by atoms with Gasteiger partial charge in [-0.3, -0.25) is 15.8 Å². The van der Waals surface area contributed by atoms with Crippen molar-refractivity contribution in [1.29, 1.82) is 0 Å². The summed E-state index contributed by atoms with van der Waals surface area (Å²) in [7, 11) is 0.513. The molecule has 5 fully saturated rings. The fourth-order valence-corrected chi connectivity index (χ4v) is 8.13. The van der Waals surface area contributed by atoms with Crippen LogP contribution < -0.4 is 20.9 Å². The molecule has 4 aliphatic heterocycles. The minimum atomic E-state index is -3.45. The summed E-state index contributed by atoms with van der Waals surface area (Å²) in [6.07, 6.45) is 4.62. The van der Waals surface area contributed by atoms with Crippen molar-refractivity contribution in [3.05, 3.63) is 0 Å².